The lowest BCUT2D eigenvalue weighted by molar-refractivity contribution is 0.139. The number of carbonyl (C=O) groups is 1. The number of aryl methyl sites for hydroxylation is 1. The number of benzene rings is 1. The highest BCUT2D eigenvalue weighted by molar-refractivity contribution is 5.67. The summed E-state index contributed by atoms with van der Waals surface area (Å²) < 4.78 is 5.46. The van der Waals surface area contributed by atoms with Crippen molar-refractivity contribution < 1.29 is 9.53 Å². The minimum atomic E-state index is -0.295. The molecule has 1 aromatic carbocycles. The van der Waals surface area contributed by atoms with Crippen LogP contribution in [0.3, 0.4) is 0 Å². The topological polar surface area (TPSA) is 44.8 Å². The maximum absolute atomic E-state index is 12.1. The van der Waals surface area contributed by atoms with Crippen molar-refractivity contribution in [3.8, 4) is 0 Å². The molecule has 0 aliphatic carbocycles. The Morgan fingerprint density at radius 1 is 0.744 bits per heavy atom. The third-order valence-electron chi connectivity index (χ3n) is 8.20. The van der Waals surface area contributed by atoms with E-state index in [4.69, 9.17) is 4.74 Å². The van der Waals surface area contributed by atoms with Gasteiger partial charge in [-0.15, -0.1) is 0 Å². The SMILES string of the molecule is CCCCCCCCCCCCCCCCCCNC(=O)OCc1cccc(CCCN2CCN(C)CC2)c1. The molecule has 0 aromatic heterocycles. The Hall–Kier alpha value is -1.59. The first-order valence-corrected chi connectivity index (χ1v) is 16.6. The van der Waals surface area contributed by atoms with Gasteiger partial charge >= 0.3 is 6.09 Å². The van der Waals surface area contributed by atoms with E-state index in [1.165, 1.54) is 134 Å². The fourth-order valence-corrected chi connectivity index (χ4v) is 5.52. The number of ether oxygens (including phenoxy) is 1. The van der Waals surface area contributed by atoms with Gasteiger partial charge in [0.05, 0.1) is 0 Å². The van der Waals surface area contributed by atoms with Crippen LogP contribution in [0.1, 0.15) is 127 Å². The second-order valence-corrected chi connectivity index (χ2v) is 11.9. The number of unbranched alkanes of at least 4 members (excludes halogenated alkanes) is 15. The lowest BCUT2D eigenvalue weighted by atomic mass is 10.0. The van der Waals surface area contributed by atoms with Gasteiger partial charge in [0, 0.05) is 32.7 Å². The molecule has 1 amide bonds. The first-order valence-electron chi connectivity index (χ1n) is 16.6. The molecular weight excluding hydrogens is 482 g/mol. The first kappa shape index (κ1) is 33.6. The normalized spacial score (nSPS) is 14.5. The highest BCUT2D eigenvalue weighted by Gasteiger charge is 2.13. The molecule has 39 heavy (non-hydrogen) atoms. The van der Waals surface area contributed by atoms with E-state index in [1.54, 1.807) is 0 Å². The zero-order valence-electron chi connectivity index (χ0n) is 25.7. The van der Waals surface area contributed by atoms with Crippen LogP contribution in [0.5, 0.6) is 0 Å². The number of nitrogens with one attached hydrogen (secondary N) is 1. The maximum atomic E-state index is 12.1. The molecule has 1 aliphatic rings. The second-order valence-electron chi connectivity index (χ2n) is 11.9. The van der Waals surface area contributed by atoms with Gasteiger partial charge in [0.1, 0.15) is 6.61 Å². The molecule has 0 bridgehead atoms. The molecule has 1 saturated heterocycles. The molecule has 0 saturated carbocycles. The Morgan fingerprint density at radius 2 is 1.28 bits per heavy atom. The molecule has 1 fully saturated rings. The smallest absolute Gasteiger partial charge is 0.407 e. The van der Waals surface area contributed by atoms with E-state index >= 15 is 0 Å². The van der Waals surface area contributed by atoms with Crippen LogP contribution in [-0.4, -0.2) is 62.2 Å². The molecule has 5 heteroatoms. The summed E-state index contributed by atoms with van der Waals surface area (Å²) in [5, 5.41) is 2.92. The quantitative estimate of drug-likeness (QED) is 0.141. The monoisotopic (exact) mass is 543 g/mol. The van der Waals surface area contributed by atoms with Crippen LogP contribution < -0.4 is 5.32 Å². The molecule has 2 rings (SSSR count). The van der Waals surface area contributed by atoms with Gasteiger partial charge in [0.25, 0.3) is 0 Å². The molecule has 224 valence electrons. The predicted molar refractivity (Wildman–Crippen MR) is 166 cm³/mol. The van der Waals surface area contributed by atoms with Crippen LogP contribution in [-0.2, 0) is 17.8 Å². The van der Waals surface area contributed by atoms with Gasteiger partial charge < -0.3 is 19.9 Å². The molecule has 5 nitrogen and oxygen atoms in total. The zero-order valence-corrected chi connectivity index (χ0v) is 25.7. The molecule has 0 atom stereocenters. The number of likely N-dealkylation sites (N-methyl/N-ethyl adjacent to an activating group) is 1. The molecule has 0 spiro atoms. The van der Waals surface area contributed by atoms with Crippen molar-refractivity contribution in [1.82, 2.24) is 15.1 Å². The van der Waals surface area contributed by atoms with Crippen LogP contribution in [0.15, 0.2) is 24.3 Å². The van der Waals surface area contributed by atoms with E-state index in [2.05, 4.69) is 47.3 Å². The summed E-state index contributed by atoms with van der Waals surface area (Å²) >= 11 is 0. The number of amides is 1. The average Bonchev–Trinajstić information content (AvgIpc) is 2.95. The molecule has 1 aromatic rings. The fraction of sp³-hybridized carbons (Fsp3) is 0.794. The number of nitrogens with zero attached hydrogens (tertiary/aromatic N) is 2. The number of carbonyl (C=O) groups excluding carboxylic acids is 1. The minimum Gasteiger partial charge on any atom is -0.445 e. The first-order chi connectivity index (χ1) is 19.2. The summed E-state index contributed by atoms with van der Waals surface area (Å²) in [6.07, 6.45) is 23.7. The molecule has 1 heterocycles. The zero-order chi connectivity index (χ0) is 27.8. The van der Waals surface area contributed by atoms with Crippen molar-refractivity contribution in [3.05, 3.63) is 35.4 Å². The summed E-state index contributed by atoms with van der Waals surface area (Å²) in [4.78, 5) is 17.1. The van der Waals surface area contributed by atoms with E-state index in [1.807, 2.05) is 6.07 Å². The van der Waals surface area contributed by atoms with E-state index in [-0.39, 0.29) is 6.09 Å². The summed E-state index contributed by atoms with van der Waals surface area (Å²) in [6, 6.07) is 8.50. The van der Waals surface area contributed by atoms with Crippen molar-refractivity contribution in [2.75, 3.05) is 46.3 Å². The van der Waals surface area contributed by atoms with Gasteiger partial charge in [0.15, 0.2) is 0 Å². The van der Waals surface area contributed by atoms with Crippen LogP contribution >= 0.6 is 0 Å². The number of rotatable bonds is 23. The highest BCUT2D eigenvalue weighted by Crippen LogP contribution is 2.14. The highest BCUT2D eigenvalue weighted by atomic mass is 16.5. The van der Waals surface area contributed by atoms with Crippen LogP contribution in [0.25, 0.3) is 0 Å². The third-order valence-corrected chi connectivity index (χ3v) is 8.20. The molecule has 1 N–H and O–H groups in total. The Morgan fingerprint density at radius 3 is 1.87 bits per heavy atom. The number of piperazine rings is 1. The van der Waals surface area contributed by atoms with Gasteiger partial charge in [-0.05, 0) is 44.0 Å². The Labute approximate surface area is 241 Å². The van der Waals surface area contributed by atoms with Gasteiger partial charge in [-0.2, -0.15) is 0 Å². The van der Waals surface area contributed by atoms with E-state index in [9.17, 15) is 4.79 Å². The lowest BCUT2D eigenvalue weighted by Gasteiger charge is -2.32. The third kappa shape index (κ3) is 18.4. The minimum absolute atomic E-state index is 0.295. The van der Waals surface area contributed by atoms with E-state index in [0.717, 1.165) is 24.9 Å². The van der Waals surface area contributed by atoms with Crippen LogP contribution in [0.2, 0.25) is 0 Å². The summed E-state index contributed by atoms with van der Waals surface area (Å²) in [6.45, 7) is 9.21. The van der Waals surface area contributed by atoms with Crippen molar-refractivity contribution in [1.29, 1.82) is 0 Å². The molecular formula is C34H61N3O2. The van der Waals surface area contributed by atoms with Crippen LogP contribution in [0.4, 0.5) is 4.79 Å². The second kappa shape index (κ2) is 23.1. The van der Waals surface area contributed by atoms with Crippen molar-refractivity contribution in [3.63, 3.8) is 0 Å². The summed E-state index contributed by atoms with van der Waals surface area (Å²) in [5.41, 5.74) is 2.41. The summed E-state index contributed by atoms with van der Waals surface area (Å²) in [7, 11) is 2.20. The number of alkyl carbamates (subject to hydrolysis) is 1. The van der Waals surface area contributed by atoms with Crippen molar-refractivity contribution in [2.45, 2.75) is 129 Å². The number of hydrogen-bond acceptors (Lipinski definition) is 4. The lowest BCUT2D eigenvalue weighted by Crippen LogP contribution is -2.44. The fourth-order valence-electron chi connectivity index (χ4n) is 5.52. The van der Waals surface area contributed by atoms with Gasteiger partial charge in [0.2, 0.25) is 0 Å². The van der Waals surface area contributed by atoms with Crippen molar-refractivity contribution in [2.24, 2.45) is 0 Å². The van der Waals surface area contributed by atoms with Gasteiger partial charge in [-0.25, -0.2) is 4.79 Å². The number of hydrogen-bond donors (Lipinski definition) is 1. The summed E-state index contributed by atoms with van der Waals surface area (Å²) in [5.74, 6) is 0. The Kier molecular flexibility index (Phi) is 20.0. The standard InChI is InChI=1S/C34H61N3O2/c1-3-4-5-6-7-8-9-10-11-12-13-14-15-16-17-18-24-35-34(38)39-31-33-22-19-21-32(30-33)23-20-25-37-28-26-36(2)27-29-37/h19,21-22,30H,3-18,20,23-29,31H2,1-2H3,(H,35,38). The van der Waals surface area contributed by atoms with Gasteiger partial charge in [-0.3, -0.25) is 0 Å². The molecule has 0 radical (unpaired) electrons. The Bertz CT molecular complexity index is 718. The molecule has 0 unspecified atom stereocenters. The largest absolute Gasteiger partial charge is 0.445 e. The maximum Gasteiger partial charge on any atom is 0.407 e. The van der Waals surface area contributed by atoms with Crippen molar-refractivity contribution >= 4 is 6.09 Å². The van der Waals surface area contributed by atoms with Gasteiger partial charge in [-0.1, -0.05) is 128 Å². The molecule has 1 aliphatic heterocycles. The van der Waals surface area contributed by atoms with E-state index < -0.39 is 0 Å². The van der Waals surface area contributed by atoms with E-state index in [0.29, 0.717) is 13.2 Å². The Balaban J connectivity index is 1.36. The average molecular weight is 544 g/mol. The predicted octanol–water partition coefficient (Wildman–Crippen LogP) is 8.35. The van der Waals surface area contributed by atoms with Crippen LogP contribution in [0, 0.1) is 0 Å².